The van der Waals surface area contributed by atoms with E-state index in [4.69, 9.17) is 4.74 Å². The third-order valence-electron chi connectivity index (χ3n) is 2.82. The number of carbonyl (C=O) groups is 1. The highest BCUT2D eigenvalue weighted by Gasteiger charge is 2.45. The van der Waals surface area contributed by atoms with Gasteiger partial charge >= 0.3 is 11.9 Å². The number of alkyl halides is 2. The van der Waals surface area contributed by atoms with Crippen molar-refractivity contribution in [3.8, 4) is 11.6 Å². The average molecular weight is 387 g/mol. The fourth-order valence-corrected chi connectivity index (χ4v) is 2.15. The zero-order chi connectivity index (χ0) is 17.0. The van der Waals surface area contributed by atoms with Gasteiger partial charge in [-0.1, -0.05) is 0 Å². The first kappa shape index (κ1) is 17.3. The lowest BCUT2D eigenvalue weighted by molar-refractivity contribution is -0.173. The van der Waals surface area contributed by atoms with E-state index < -0.39 is 17.6 Å². The number of rotatable bonds is 5. The van der Waals surface area contributed by atoms with Crippen molar-refractivity contribution >= 4 is 21.9 Å². The van der Waals surface area contributed by atoms with Crippen molar-refractivity contribution in [2.75, 3.05) is 6.61 Å². The Labute approximate surface area is 139 Å². The molecule has 23 heavy (non-hydrogen) atoms. The van der Waals surface area contributed by atoms with Crippen LogP contribution >= 0.6 is 15.9 Å². The lowest BCUT2D eigenvalue weighted by Crippen LogP contribution is -2.30. The molecule has 0 bridgehead atoms. The van der Waals surface area contributed by atoms with Crippen molar-refractivity contribution in [1.29, 1.82) is 0 Å². The molecule has 2 aromatic heterocycles. The van der Waals surface area contributed by atoms with Crippen molar-refractivity contribution < 1.29 is 23.0 Å². The van der Waals surface area contributed by atoms with Crippen LogP contribution in [0.5, 0.6) is 11.6 Å². The van der Waals surface area contributed by atoms with Crippen molar-refractivity contribution in [2.24, 2.45) is 0 Å². The second-order valence-electron chi connectivity index (χ2n) is 4.52. The number of nitrogens with zero attached hydrogens (tertiary/aromatic N) is 2. The van der Waals surface area contributed by atoms with Crippen LogP contribution in [-0.2, 0) is 15.5 Å². The fourth-order valence-electron chi connectivity index (χ4n) is 1.81. The maximum absolute atomic E-state index is 14.0. The topological polar surface area (TPSA) is 61.3 Å². The number of hydrogen-bond donors (Lipinski definition) is 0. The molecule has 2 aromatic rings. The molecule has 8 heteroatoms. The van der Waals surface area contributed by atoms with Gasteiger partial charge in [0.15, 0.2) is 0 Å². The van der Waals surface area contributed by atoms with Gasteiger partial charge in [-0.3, -0.25) is 4.98 Å². The third kappa shape index (κ3) is 3.82. The van der Waals surface area contributed by atoms with Crippen molar-refractivity contribution in [2.45, 2.75) is 19.8 Å². The monoisotopic (exact) mass is 386 g/mol. The van der Waals surface area contributed by atoms with E-state index in [2.05, 4.69) is 30.6 Å². The van der Waals surface area contributed by atoms with Gasteiger partial charge < -0.3 is 9.47 Å². The summed E-state index contributed by atoms with van der Waals surface area (Å²) in [5, 5.41) is 0. The zero-order valence-corrected chi connectivity index (χ0v) is 13.9. The van der Waals surface area contributed by atoms with Gasteiger partial charge in [-0.15, -0.1) is 0 Å². The van der Waals surface area contributed by atoms with Gasteiger partial charge in [-0.2, -0.15) is 8.78 Å². The van der Waals surface area contributed by atoms with Crippen LogP contribution < -0.4 is 4.74 Å². The molecule has 0 saturated carbocycles. The summed E-state index contributed by atoms with van der Waals surface area (Å²) >= 11 is 3.27. The molecule has 122 valence electrons. The fraction of sp³-hybridized carbons (Fsp3) is 0.267. The van der Waals surface area contributed by atoms with Gasteiger partial charge in [0.2, 0.25) is 5.88 Å². The molecule has 2 rings (SSSR count). The normalized spacial score (nSPS) is 11.2. The molecule has 5 nitrogen and oxygen atoms in total. The van der Waals surface area contributed by atoms with Crippen LogP contribution in [0.4, 0.5) is 8.78 Å². The Hall–Kier alpha value is -2.09. The molecule has 0 N–H and O–H groups in total. The maximum Gasteiger partial charge on any atom is 0.384 e. The van der Waals surface area contributed by atoms with Gasteiger partial charge in [0, 0.05) is 6.20 Å². The zero-order valence-electron chi connectivity index (χ0n) is 12.3. The minimum absolute atomic E-state index is 0.104. The van der Waals surface area contributed by atoms with E-state index in [0.29, 0.717) is 4.47 Å². The van der Waals surface area contributed by atoms with Crippen LogP contribution in [0.3, 0.4) is 0 Å². The second kappa shape index (κ2) is 6.99. The molecule has 0 unspecified atom stereocenters. The molecule has 0 saturated heterocycles. The molecular weight excluding hydrogens is 374 g/mol. The number of aromatic nitrogens is 2. The van der Waals surface area contributed by atoms with E-state index in [1.54, 1.807) is 12.1 Å². The first-order chi connectivity index (χ1) is 10.9. The SMILES string of the molecule is CCOC(=O)C(F)(F)c1ncc(Oc2ncccc2Br)cc1C. The summed E-state index contributed by atoms with van der Waals surface area (Å²) in [6, 6.07) is 4.80. The van der Waals surface area contributed by atoms with E-state index in [-0.39, 0.29) is 23.8 Å². The van der Waals surface area contributed by atoms with E-state index in [1.165, 1.54) is 26.1 Å². The summed E-state index contributed by atoms with van der Waals surface area (Å²) in [5.41, 5.74) is -0.559. The number of esters is 1. The van der Waals surface area contributed by atoms with Gasteiger partial charge in [-0.05, 0) is 53.5 Å². The van der Waals surface area contributed by atoms with Gasteiger partial charge in [0.05, 0.1) is 17.3 Å². The first-order valence-electron chi connectivity index (χ1n) is 6.66. The number of halogens is 3. The Kier molecular flexibility index (Phi) is 5.25. The molecule has 0 aliphatic carbocycles. The van der Waals surface area contributed by atoms with Crippen LogP contribution in [0.2, 0.25) is 0 Å². The van der Waals surface area contributed by atoms with E-state index in [1.807, 2.05) is 0 Å². The number of carbonyl (C=O) groups excluding carboxylic acids is 1. The van der Waals surface area contributed by atoms with Crippen LogP contribution in [0.15, 0.2) is 35.1 Å². The lowest BCUT2D eigenvalue weighted by Gasteiger charge is -2.16. The number of hydrogen-bond acceptors (Lipinski definition) is 5. The number of aryl methyl sites for hydroxylation is 1. The largest absolute Gasteiger partial charge is 0.461 e. The highest BCUT2D eigenvalue weighted by Crippen LogP contribution is 2.33. The molecule has 0 spiro atoms. The van der Waals surface area contributed by atoms with Crippen LogP contribution in [0.1, 0.15) is 18.2 Å². The molecule has 2 heterocycles. The molecule has 0 aliphatic heterocycles. The molecule has 0 fully saturated rings. The predicted octanol–water partition coefficient (Wildman–Crippen LogP) is 3.99. The van der Waals surface area contributed by atoms with Gasteiger partial charge in [-0.25, -0.2) is 9.78 Å². The highest BCUT2D eigenvalue weighted by atomic mass is 79.9. The van der Waals surface area contributed by atoms with Crippen LogP contribution in [-0.4, -0.2) is 22.5 Å². The third-order valence-corrected chi connectivity index (χ3v) is 3.43. The Morgan fingerprint density at radius 1 is 1.39 bits per heavy atom. The summed E-state index contributed by atoms with van der Waals surface area (Å²) in [4.78, 5) is 19.0. The van der Waals surface area contributed by atoms with E-state index in [0.717, 1.165) is 6.20 Å². The summed E-state index contributed by atoms with van der Waals surface area (Å²) in [6.07, 6.45) is 2.64. The minimum atomic E-state index is -3.82. The summed E-state index contributed by atoms with van der Waals surface area (Å²) in [7, 11) is 0. The van der Waals surface area contributed by atoms with Crippen molar-refractivity contribution in [3.63, 3.8) is 0 Å². The van der Waals surface area contributed by atoms with Crippen molar-refractivity contribution in [3.05, 3.63) is 46.3 Å². The van der Waals surface area contributed by atoms with Crippen LogP contribution in [0, 0.1) is 6.92 Å². The van der Waals surface area contributed by atoms with Gasteiger partial charge in [0.25, 0.3) is 0 Å². The molecule has 0 atom stereocenters. The Balaban J connectivity index is 2.28. The average Bonchev–Trinajstić information content (AvgIpc) is 2.49. The molecule has 0 radical (unpaired) electrons. The van der Waals surface area contributed by atoms with Crippen molar-refractivity contribution in [1.82, 2.24) is 9.97 Å². The van der Waals surface area contributed by atoms with Crippen LogP contribution in [0.25, 0.3) is 0 Å². The Morgan fingerprint density at radius 2 is 2.13 bits per heavy atom. The summed E-state index contributed by atoms with van der Waals surface area (Å²) in [6.45, 7) is 2.73. The Morgan fingerprint density at radius 3 is 2.74 bits per heavy atom. The quantitative estimate of drug-likeness (QED) is 0.726. The number of ether oxygens (including phenoxy) is 2. The lowest BCUT2D eigenvalue weighted by atomic mass is 10.1. The summed E-state index contributed by atoms with van der Waals surface area (Å²) in [5.74, 6) is -4.94. The van der Waals surface area contributed by atoms with Gasteiger partial charge in [0.1, 0.15) is 11.4 Å². The van der Waals surface area contributed by atoms with E-state index in [9.17, 15) is 13.6 Å². The maximum atomic E-state index is 14.0. The highest BCUT2D eigenvalue weighted by molar-refractivity contribution is 9.10. The molecule has 0 aromatic carbocycles. The second-order valence-corrected chi connectivity index (χ2v) is 5.38. The Bertz CT molecular complexity index is 726. The molecule has 0 aliphatic rings. The minimum Gasteiger partial charge on any atom is -0.461 e. The smallest absolute Gasteiger partial charge is 0.384 e. The van der Waals surface area contributed by atoms with E-state index >= 15 is 0 Å². The molecular formula is C15H13BrF2N2O3. The molecule has 0 amide bonds. The number of pyridine rings is 2. The standard InChI is InChI=1S/C15H13BrF2N2O3/c1-3-22-14(21)15(17,18)12-9(2)7-10(8-20-12)23-13-11(16)5-4-6-19-13/h4-8H,3H2,1-2H3. The summed E-state index contributed by atoms with van der Waals surface area (Å²) < 4.78 is 38.5. The predicted molar refractivity (Wildman–Crippen MR) is 81.5 cm³/mol. The first-order valence-corrected chi connectivity index (χ1v) is 7.46.